The fourth-order valence-corrected chi connectivity index (χ4v) is 1.42. The van der Waals surface area contributed by atoms with Gasteiger partial charge in [0.2, 0.25) is 0 Å². The molecule has 0 aliphatic heterocycles. The average molecular weight is 270 g/mol. The first kappa shape index (κ1) is 11.5. The first-order chi connectivity index (χ1) is 6.57. The molecule has 0 fully saturated rings. The van der Waals surface area contributed by atoms with E-state index in [4.69, 9.17) is 5.90 Å². The lowest BCUT2D eigenvalue weighted by Crippen LogP contribution is -2.07. The van der Waals surface area contributed by atoms with E-state index in [1.165, 1.54) is 0 Å². The standard InChI is InChI=1S/C8H7BrF3NO/c9-5-3-4(1-2-14-13)6(10)8(12)7(5)11/h3H,1-2,13H2. The third-order valence-corrected chi connectivity index (χ3v) is 2.24. The van der Waals surface area contributed by atoms with Crippen LogP contribution in [0.25, 0.3) is 0 Å². The molecule has 1 aromatic carbocycles. The van der Waals surface area contributed by atoms with Crippen molar-refractivity contribution in [1.29, 1.82) is 0 Å². The molecular weight excluding hydrogens is 263 g/mol. The molecule has 0 aromatic heterocycles. The lowest BCUT2D eigenvalue weighted by Gasteiger charge is -2.05. The second-order valence-electron chi connectivity index (χ2n) is 2.58. The largest absolute Gasteiger partial charge is 0.304 e. The number of rotatable bonds is 3. The van der Waals surface area contributed by atoms with Crippen LogP contribution in [0.1, 0.15) is 5.56 Å². The fraction of sp³-hybridized carbons (Fsp3) is 0.250. The Balaban J connectivity index is 3.06. The Morgan fingerprint density at radius 1 is 1.21 bits per heavy atom. The Labute approximate surface area is 86.9 Å². The lowest BCUT2D eigenvalue weighted by molar-refractivity contribution is 0.140. The summed E-state index contributed by atoms with van der Waals surface area (Å²) in [6.07, 6.45) is 0.0815. The number of benzene rings is 1. The van der Waals surface area contributed by atoms with E-state index >= 15 is 0 Å². The van der Waals surface area contributed by atoms with E-state index < -0.39 is 17.5 Å². The molecule has 1 rings (SSSR count). The van der Waals surface area contributed by atoms with E-state index in [0.29, 0.717) is 0 Å². The van der Waals surface area contributed by atoms with Crippen LogP contribution in [0.2, 0.25) is 0 Å². The summed E-state index contributed by atoms with van der Waals surface area (Å²) in [6, 6.07) is 1.16. The van der Waals surface area contributed by atoms with Gasteiger partial charge < -0.3 is 4.84 Å². The van der Waals surface area contributed by atoms with Crippen molar-refractivity contribution in [3.8, 4) is 0 Å². The maximum atomic E-state index is 13.0. The number of nitrogens with two attached hydrogens (primary N) is 1. The van der Waals surface area contributed by atoms with Gasteiger partial charge in [-0.1, -0.05) is 0 Å². The highest BCUT2D eigenvalue weighted by Crippen LogP contribution is 2.24. The summed E-state index contributed by atoms with van der Waals surface area (Å²) in [5, 5.41) is 0. The van der Waals surface area contributed by atoms with E-state index in [-0.39, 0.29) is 23.1 Å². The van der Waals surface area contributed by atoms with Crippen LogP contribution in [0, 0.1) is 17.5 Å². The predicted octanol–water partition coefficient (Wildman–Crippen LogP) is 2.30. The molecule has 0 unspecified atom stereocenters. The molecule has 0 spiro atoms. The van der Waals surface area contributed by atoms with Crippen LogP contribution >= 0.6 is 15.9 Å². The molecule has 0 bridgehead atoms. The average Bonchev–Trinajstić information content (AvgIpc) is 2.18. The molecule has 78 valence electrons. The van der Waals surface area contributed by atoms with Crippen LogP contribution in [-0.4, -0.2) is 6.61 Å². The van der Waals surface area contributed by atoms with Crippen LogP contribution in [0.3, 0.4) is 0 Å². The van der Waals surface area contributed by atoms with Gasteiger partial charge in [0, 0.05) is 6.42 Å². The van der Waals surface area contributed by atoms with Gasteiger partial charge in [-0.2, -0.15) is 0 Å². The molecule has 0 radical (unpaired) electrons. The van der Waals surface area contributed by atoms with Gasteiger partial charge in [0.25, 0.3) is 0 Å². The zero-order valence-corrected chi connectivity index (χ0v) is 8.58. The Bertz CT molecular complexity index is 346. The van der Waals surface area contributed by atoms with Gasteiger partial charge in [-0.05, 0) is 27.6 Å². The van der Waals surface area contributed by atoms with Crippen molar-refractivity contribution < 1.29 is 18.0 Å². The van der Waals surface area contributed by atoms with Crippen molar-refractivity contribution in [3.63, 3.8) is 0 Å². The molecule has 1 aromatic rings. The minimum absolute atomic E-state index is 0.0150. The van der Waals surface area contributed by atoms with Gasteiger partial charge in [0.15, 0.2) is 17.5 Å². The molecule has 0 saturated heterocycles. The summed E-state index contributed by atoms with van der Waals surface area (Å²) in [5.41, 5.74) is 0.0150. The van der Waals surface area contributed by atoms with Crippen LogP contribution in [-0.2, 0) is 11.3 Å². The molecule has 0 atom stereocenters. The Kier molecular flexibility index (Phi) is 3.91. The fourth-order valence-electron chi connectivity index (χ4n) is 0.973. The molecule has 0 aliphatic rings. The Hall–Kier alpha value is -0.590. The van der Waals surface area contributed by atoms with E-state index in [1.807, 2.05) is 0 Å². The minimum Gasteiger partial charge on any atom is -0.304 e. The van der Waals surface area contributed by atoms with Gasteiger partial charge >= 0.3 is 0 Å². The lowest BCUT2D eigenvalue weighted by atomic mass is 10.1. The summed E-state index contributed by atoms with van der Waals surface area (Å²) in [5.74, 6) is 0.794. The van der Waals surface area contributed by atoms with E-state index in [2.05, 4.69) is 20.8 Å². The number of halogens is 4. The van der Waals surface area contributed by atoms with Crippen LogP contribution in [0.15, 0.2) is 10.5 Å². The molecular formula is C8H7BrF3NO. The summed E-state index contributed by atoms with van der Waals surface area (Å²) in [4.78, 5) is 4.21. The van der Waals surface area contributed by atoms with Crippen LogP contribution in [0.4, 0.5) is 13.2 Å². The molecule has 0 amide bonds. The van der Waals surface area contributed by atoms with E-state index in [0.717, 1.165) is 6.07 Å². The first-order valence-corrected chi connectivity index (χ1v) is 4.50. The third-order valence-electron chi connectivity index (χ3n) is 1.67. The van der Waals surface area contributed by atoms with Crippen molar-refractivity contribution >= 4 is 15.9 Å². The second kappa shape index (κ2) is 4.77. The minimum atomic E-state index is -1.49. The molecule has 0 heterocycles. The maximum absolute atomic E-state index is 13.0. The smallest absolute Gasteiger partial charge is 0.195 e. The topological polar surface area (TPSA) is 35.2 Å². The normalized spacial score (nSPS) is 10.6. The molecule has 0 saturated carbocycles. The van der Waals surface area contributed by atoms with Crippen LogP contribution in [0.5, 0.6) is 0 Å². The van der Waals surface area contributed by atoms with Crippen molar-refractivity contribution in [3.05, 3.63) is 33.6 Å². The highest BCUT2D eigenvalue weighted by Gasteiger charge is 2.16. The second-order valence-corrected chi connectivity index (χ2v) is 3.43. The first-order valence-electron chi connectivity index (χ1n) is 3.71. The molecule has 0 aliphatic carbocycles. The Morgan fingerprint density at radius 2 is 1.86 bits per heavy atom. The summed E-state index contributed by atoms with van der Waals surface area (Å²) in [7, 11) is 0. The zero-order valence-electron chi connectivity index (χ0n) is 6.99. The molecule has 2 nitrogen and oxygen atoms in total. The van der Waals surface area contributed by atoms with Gasteiger partial charge in [-0.25, -0.2) is 19.1 Å². The molecule has 6 heteroatoms. The van der Waals surface area contributed by atoms with E-state index in [1.54, 1.807) is 0 Å². The van der Waals surface area contributed by atoms with Crippen LogP contribution < -0.4 is 5.90 Å². The summed E-state index contributed by atoms with van der Waals surface area (Å²) >= 11 is 2.77. The highest BCUT2D eigenvalue weighted by molar-refractivity contribution is 9.10. The highest BCUT2D eigenvalue weighted by atomic mass is 79.9. The van der Waals surface area contributed by atoms with E-state index in [9.17, 15) is 13.2 Å². The molecule has 14 heavy (non-hydrogen) atoms. The summed E-state index contributed by atoms with van der Waals surface area (Å²) < 4.78 is 38.5. The molecule has 2 N–H and O–H groups in total. The monoisotopic (exact) mass is 269 g/mol. The van der Waals surface area contributed by atoms with Gasteiger partial charge in [0.05, 0.1) is 11.1 Å². The number of hydrogen-bond acceptors (Lipinski definition) is 2. The Morgan fingerprint density at radius 3 is 2.43 bits per heavy atom. The number of hydrogen-bond donors (Lipinski definition) is 1. The van der Waals surface area contributed by atoms with Crippen molar-refractivity contribution in [2.24, 2.45) is 5.90 Å². The van der Waals surface area contributed by atoms with Crippen molar-refractivity contribution in [1.82, 2.24) is 0 Å². The van der Waals surface area contributed by atoms with Gasteiger partial charge in [0.1, 0.15) is 0 Å². The summed E-state index contributed by atoms with van der Waals surface area (Å²) in [6.45, 7) is 0.0361. The van der Waals surface area contributed by atoms with Gasteiger partial charge in [-0.3, -0.25) is 0 Å². The van der Waals surface area contributed by atoms with Crippen molar-refractivity contribution in [2.45, 2.75) is 6.42 Å². The zero-order chi connectivity index (χ0) is 10.7. The van der Waals surface area contributed by atoms with Crippen molar-refractivity contribution in [2.75, 3.05) is 6.61 Å². The maximum Gasteiger partial charge on any atom is 0.195 e. The SMILES string of the molecule is NOCCc1cc(Br)c(F)c(F)c1F. The van der Waals surface area contributed by atoms with Gasteiger partial charge in [-0.15, -0.1) is 0 Å². The third kappa shape index (κ3) is 2.26. The quantitative estimate of drug-likeness (QED) is 0.519. The predicted molar refractivity (Wildman–Crippen MR) is 47.9 cm³/mol.